The van der Waals surface area contributed by atoms with E-state index in [9.17, 15) is 14.4 Å². The average molecular weight is 441 g/mol. The molecule has 0 spiro atoms. The first-order valence-corrected chi connectivity index (χ1v) is 10.5. The number of nitrogens with zero attached hydrogens (tertiary/aromatic N) is 4. The summed E-state index contributed by atoms with van der Waals surface area (Å²) in [5.41, 5.74) is 2.36. The normalized spacial score (nSPS) is 10.7. The van der Waals surface area contributed by atoms with Crippen molar-refractivity contribution < 1.29 is 4.79 Å². The molecule has 33 heavy (non-hydrogen) atoms. The molecule has 2 aromatic carbocycles. The number of aromatic nitrogens is 4. The van der Waals surface area contributed by atoms with E-state index < -0.39 is 17.2 Å². The van der Waals surface area contributed by atoms with Gasteiger partial charge in [-0.3, -0.25) is 19.1 Å². The minimum atomic E-state index is -0.743. The summed E-state index contributed by atoms with van der Waals surface area (Å²) >= 11 is 0. The van der Waals surface area contributed by atoms with Crippen molar-refractivity contribution in [3.63, 3.8) is 0 Å². The largest absolute Gasteiger partial charge is 0.352 e. The van der Waals surface area contributed by atoms with E-state index in [2.05, 4.69) is 15.4 Å². The van der Waals surface area contributed by atoms with Gasteiger partial charge in [0.15, 0.2) is 0 Å². The lowest BCUT2D eigenvalue weighted by atomic mass is 10.1. The molecule has 1 N–H and O–H groups in total. The molecule has 0 saturated carbocycles. The Labute approximate surface area is 190 Å². The van der Waals surface area contributed by atoms with Gasteiger partial charge in [0.1, 0.15) is 0 Å². The summed E-state index contributed by atoms with van der Waals surface area (Å²) in [5.74, 6) is -0.664. The van der Waals surface area contributed by atoms with E-state index in [0.717, 1.165) is 31.5 Å². The van der Waals surface area contributed by atoms with Crippen molar-refractivity contribution in [3.8, 4) is 5.69 Å². The molecule has 2 heterocycles. The maximum absolute atomic E-state index is 13.2. The van der Waals surface area contributed by atoms with Crippen molar-refractivity contribution >= 4 is 5.91 Å². The number of amides is 1. The Bertz CT molecular complexity index is 1390. The van der Waals surface area contributed by atoms with Crippen LogP contribution >= 0.6 is 0 Å². The van der Waals surface area contributed by atoms with Gasteiger partial charge in [-0.25, -0.2) is 4.79 Å². The first-order chi connectivity index (χ1) is 15.9. The molecule has 0 saturated heterocycles. The van der Waals surface area contributed by atoms with Crippen LogP contribution in [0, 0.1) is 13.8 Å². The minimum absolute atomic E-state index is 0.0230. The molecule has 166 valence electrons. The van der Waals surface area contributed by atoms with Crippen LogP contribution in [0.4, 0.5) is 0 Å². The lowest BCUT2D eigenvalue weighted by molar-refractivity contribution is 0.0941. The predicted molar refractivity (Wildman–Crippen MR) is 125 cm³/mol. The summed E-state index contributed by atoms with van der Waals surface area (Å²) in [6.07, 6.45) is 3.25. The molecule has 0 radical (unpaired) electrons. The third-order valence-corrected chi connectivity index (χ3v) is 5.19. The smallest absolute Gasteiger partial charge is 0.346 e. The molecular formula is C25H23N5O3. The monoisotopic (exact) mass is 441 g/mol. The number of benzene rings is 2. The highest BCUT2D eigenvalue weighted by Crippen LogP contribution is 2.07. The van der Waals surface area contributed by atoms with Crippen LogP contribution in [-0.2, 0) is 13.1 Å². The van der Waals surface area contributed by atoms with Crippen LogP contribution < -0.4 is 16.6 Å². The quantitative estimate of drug-likeness (QED) is 0.495. The maximum atomic E-state index is 13.2. The van der Waals surface area contributed by atoms with E-state index in [4.69, 9.17) is 0 Å². The summed E-state index contributed by atoms with van der Waals surface area (Å²) in [5, 5.41) is 6.84. The fourth-order valence-corrected chi connectivity index (χ4v) is 3.30. The van der Waals surface area contributed by atoms with Gasteiger partial charge in [0.2, 0.25) is 5.69 Å². The summed E-state index contributed by atoms with van der Waals surface area (Å²) in [7, 11) is 0. The number of carbonyl (C=O) groups excluding carboxylic acids is 1. The van der Waals surface area contributed by atoms with E-state index in [1.807, 2.05) is 56.3 Å². The molecule has 4 rings (SSSR count). The Morgan fingerprint density at radius 3 is 2.21 bits per heavy atom. The Balaban J connectivity index is 1.77. The zero-order chi connectivity index (χ0) is 23.4. The summed E-state index contributed by atoms with van der Waals surface area (Å²) < 4.78 is 2.13. The average Bonchev–Trinajstić information content (AvgIpc) is 2.83. The zero-order valence-corrected chi connectivity index (χ0v) is 18.4. The van der Waals surface area contributed by atoms with Crippen molar-refractivity contribution in [2.45, 2.75) is 26.9 Å². The lowest BCUT2D eigenvalue weighted by Gasteiger charge is -2.13. The van der Waals surface area contributed by atoms with Crippen LogP contribution in [-0.4, -0.2) is 25.2 Å². The predicted octanol–water partition coefficient (Wildman–Crippen LogP) is 2.38. The van der Waals surface area contributed by atoms with Crippen molar-refractivity contribution in [1.82, 2.24) is 24.6 Å². The number of pyridine rings is 1. The molecule has 8 heteroatoms. The van der Waals surface area contributed by atoms with Gasteiger partial charge in [-0.1, -0.05) is 53.6 Å². The van der Waals surface area contributed by atoms with Gasteiger partial charge in [-0.2, -0.15) is 9.78 Å². The van der Waals surface area contributed by atoms with Crippen LogP contribution in [0.5, 0.6) is 0 Å². The fourth-order valence-electron chi connectivity index (χ4n) is 3.30. The van der Waals surface area contributed by atoms with Gasteiger partial charge in [0.25, 0.3) is 11.5 Å². The van der Waals surface area contributed by atoms with E-state index in [1.165, 1.54) is 0 Å². The SMILES string of the molecule is Cc1ccc(Cn2c(=O)c(C(=O)NCc3cccnc3)nn(-c3ccc(C)cc3)c2=O)cc1. The molecule has 0 aliphatic heterocycles. The minimum Gasteiger partial charge on any atom is -0.346 e. The van der Waals surface area contributed by atoms with Gasteiger partial charge in [0, 0.05) is 18.9 Å². The second-order valence-corrected chi connectivity index (χ2v) is 7.80. The fraction of sp³-hybridized carbons (Fsp3) is 0.160. The molecule has 0 aliphatic carbocycles. The number of carbonyl (C=O) groups is 1. The second kappa shape index (κ2) is 9.44. The Morgan fingerprint density at radius 2 is 1.58 bits per heavy atom. The van der Waals surface area contributed by atoms with Crippen molar-refractivity contribution in [3.05, 3.63) is 122 Å². The van der Waals surface area contributed by atoms with Gasteiger partial charge in [0.05, 0.1) is 12.2 Å². The van der Waals surface area contributed by atoms with E-state index in [1.54, 1.807) is 30.6 Å². The van der Waals surface area contributed by atoms with Gasteiger partial charge in [-0.15, -0.1) is 0 Å². The molecule has 4 aromatic rings. The zero-order valence-electron chi connectivity index (χ0n) is 18.4. The molecule has 1 amide bonds. The van der Waals surface area contributed by atoms with Crippen LogP contribution in [0.25, 0.3) is 5.69 Å². The van der Waals surface area contributed by atoms with Crippen LogP contribution in [0.1, 0.15) is 32.7 Å². The highest BCUT2D eigenvalue weighted by Gasteiger charge is 2.20. The van der Waals surface area contributed by atoms with Crippen molar-refractivity contribution in [2.24, 2.45) is 0 Å². The van der Waals surface area contributed by atoms with Gasteiger partial charge in [-0.05, 0) is 43.2 Å². The number of aryl methyl sites for hydroxylation is 2. The highest BCUT2D eigenvalue weighted by molar-refractivity contribution is 5.91. The summed E-state index contributed by atoms with van der Waals surface area (Å²) in [6, 6.07) is 18.2. The lowest BCUT2D eigenvalue weighted by Crippen LogP contribution is -2.46. The maximum Gasteiger partial charge on any atom is 0.352 e. The van der Waals surface area contributed by atoms with Crippen LogP contribution in [0.2, 0.25) is 0 Å². The highest BCUT2D eigenvalue weighted by atomic mass is 16.2. The standard InChI is InChI=1S/C25H23N5O3/c1-17-5-9-19(10-6-17)16-29-24(32)22(23(31)27-15-20-4-3-13-26-14-20)28-30(25(29)33)21-11-7-18(2)8-12-21/h3-14H,15-16H2,1-2H3,(H,27,31). The second-order valence-electron chi connectivity index (χ2n) is 7.80. The summed E-state index contributed by atoms with van der Waals surface area (Å²) in [4.78, 5) is 43.3. The van der Waals surface area contributed by atoms with Crippen LogP contribution in [0.3, 0.4) is 0 Å². The van der Waals surface area contributed by atoms with Gasteiger partial charge >= 0.3 is 5.69 Å². The van der Waals surface area contributed by atoms with Crippen molar-refractivity contribution in [2.75, 3.05) is 0 Å². The first kappa shape index (κ1) is 21.9. The Kier molecular flexibility index (Phi) is 6.26. The van der Waals surface area contributed by atoms with E-state index in [-0.39, 0.29) is 18.8 Å². The third kappa shape index (κ3) is 4.95. The van der Waals surface area contributed by atoms with E-state index in [0.29, 0.717) is 5.69 Å². The number of nitrogens with one attached hydrogen (secondary N) is 1. The Hall–Kier alpha value is -4.33. The molecule has 0 bridgehead atoms. The molecule has 8 nitrogen and oxygen atoms in total. The van der Waals surface area contributed by atoms with Gasteiger partial charge < -0.3 is 5.32 Å². The molecule has 0 unspecified atom stereocenters. The Morgan fingerprint density at radius 1 is 0.909 bits per heavy atom. The first-order valence-electron chi connectivity index (χ1n) is 10.5. The molecule has 0 aliphatic rings. The number of hydrogen-bond donors (Lipinski definition) is 1. The van der Waals surface area contributed by atoms with Crippen LogP contribution in [0.15, 0.2) is 82.6 Å². The molecule has 0 atom stereocenters. The summed E-state index contributed by atoms with van der Waals surface area (Å²) in [6.45, 7) is 4.08. The number of rotatable bonds is 6. The molecular weight excluding hydrogens is 418 g/mol. The molecule has 0 fully saturated rings. The number of hydrogen-bond acceptors (Lipinski definition) is 5. The molecule has 2 aromatic heterocycles. The van der Waals surface area contributed by atoms with E-state index >= 15 is 0 Å². The third-order valence-electron chi connectivity index (χ3n) is 5.19. The topological polar surface area (TPSA) is 98.9 Å². The van der Waals surface area contributed by atoms with Crippen molar-refractivity contribution in [1.29, 1.82) is 0 Å².